The van der Waals surface area contributed by atoms with E-state index in [-0.39, 0.29) is 22.0 Å². The highest BCUT2D eigenvalue weighted by molar-refractivity contribution is 7.91. The molecule has 0 spiro atoms. The van der Waals surface area contributed by atoms with Crippen LogP contribution < -0.4 is 0 Å². The third kappa shape index (κ3) is 2.48. The van der Waals surface area contributed by atoms with Crippen molar-refractivity contribution in [2.75, 3.05) is 19.6 Å². The number of piperazine rings is 1. The van der Waals surface area contributed by atoms with E-state index in [1.807, 2.05) is 6.92 Å². The number of fused-ring (bicyclic) bond motifs is 1. The average molecular weight is 331 g/mol. The molecule has 2 aliphatic rings. The Labute approximate surface area is 127 Å². The number of nitrogens with zero attached hydrogens (tertiary/aromatic N) is 3. The van der Waals surface area contributed by atoms with Crippen LogP contribution in [0.3, 0.4) is 0 Å². The molecule has 3 heterocycles. The molecular formula is C12H17N3O4S2. The molecule has 0 aromatic carbocycles. The zero-order valence-electron chi connectivity index (χ0n) is 11.6. The fourth-order valence-electron chi connectivity index (χ4n) is 3.16. The van der Waals surface area contributed by atoms with E-state index in [0.29, 0.717) is 13.1 Å². The average Bonchev–Trinajstić information content (AvgIpc) is 3.05. The first-order valence-electron chi connectivity index (χ1n) is 6.84. The van der Waals surface area contributed by atoms with Gasteiger partial charge in [-0.3, -0.25) is 4.90 Å². The molecule has 7 nitrogen and oxygen atoms in total. The van der Waals surface area contributed by atoms with Crippen molar-refractivity contribution in [3.8, 4) is 0 Å². The molecule has 0 saturated carbocycles. The predicted octanol–water partition coefficient (Wildman–Crippen LogP) is 0.699. The standard InChI is InChI=1S/C12H17N3O4S2/c1-8-5-14-4-2-3-9(14)6-15(8)21(18,19)12-10(11(16)17)13-7-20-12/h7-9H,2-6H2,1H3,(H,16,17). The van der Waals surface area contributed by atoms with Crippen LogP contribution >= 0.6 is 11.3 Å². The van der Waals surface area contributed by atoms with Crippen LogP contribution in [0.5, 0.6) is 0 Å². The van der Waals surface area contributed by atoms with Crippen molar-refractivity contribution < 1.29 is 18.3 Å². The van der Waals surface area contributed by atoms with Crippen molar-refractivity contribution in [2.24, 2.45) is 0 Å². The largest absolute Gasteiger partial charge is 0.476 e. The summed E-state index contributed by atoms with van der Waals surface area (Å²) in [5, 5.41) is 9.09. The Kier molecular flexibility index (Phi) is 3.76. The summed E-state index contributed by atoms with van der Waals surface area (Å²) in [5.74, 6) is -1.30. The van der Waals surface area contributed by atoms with Crippen LogP contribution in [0, 0.1) is 0 Å². The van der Waals surface area contributed by atoms with Crippen molar-refractivity contribution in [2.45, 2.75) is 36.1 Å². The van der Waals surface area contributed by atoms with Crippen molar-refractivity contribution in [1.82, 2.24) is 14.2 Å². The van der Waals surface area contributed by atoms with E-state index >= 15 is 0 Å². The molecular weight excluding hydrogens is 314 g/mol. The molecule has 1 aromatic heterocycles. The summed E-state index contributed by atoms with van der Waals surface area (Å²) in [6, 6.07) is 0.0882. The van der Waals surface area contributed by atoms with Gasteiger partial charge in [-0.15, -0.1) is 11.3 Å². The van der Waals surface area contributed by atoms with Crippen LogP contribution in [-0.4, -0.2) is 65.4 Å². The summed E-state index contributed by atoms with van der Waals surface area (Å²) in [6.07, 6.45) is 2.08. The van der Waals surface area contributed by atoms with Gasteiger partial charge in [-0.2, -0.15) is 4.31 Å². The van der Waals surface area contributed by atoms with Gasteiger partial charge in [0.2, 0.25) is 0 Å². The molecule has 2 unspecified atom stereocenters. The van der Waals surface area contributed by atoms with Gasteiger partial charge in [-0.05, 0) is 26.3 Å². The van der Waals surface area contributed by atoms with Crippen molar-refractivity contribution in [3.63, 3.8) is 0 Å². The number of hydrogen-bond donors (Lipinski definition) is 1. The van der Waals surface area contributed by atoms with E-state index < -0.39 is 16.0 Å². The van der Waals surface area contributed by atoms with Gasteiger partial charge in [0.1, 0.15) is 0 Å². The molecule has 0 aliphatic carbocycles. The maximum absolute atomic E-state index is 12.8. The van der Waals surface area contributed by atoms with Crippen molar-refractivity contribution >= 4 is 27.3 Å². The SMILES string of the molecule is CC1CN2CCCC2CN1S(=O)(=O)c1scnc1C(=O)O. The van der Waals surface area contributed by atoms with Gasteiger partial charge in [0.15, 0.2) is 9.90 Å². The molecule has 0 amide bonds. The van der Waals surface area contributed by atoms with Crippen LogP contribution in [0.2, 0.25) is 0 Å². The highest BCUT2D eigenvalue weighted by Gasteiger charge is 2.42. The van der Waals surface area contributed by atoms with Gasteiger partial charge in [-0.25, -0.2) is 18.2 Å². The number of aromatic carboxylic acids is 1. The van der Waals surface area contributed by atoms with E-state index in [2.05, 4.69) is 9.88 Å². The molecule has 3 rings (SSSR count). The fourth-order valence-corrected chi connectivity index (χ4v) is 6.08. The molecule has 9 heteroatoms. The Bertz CT molecular complexity index is 657. The van der Waals surface area contributed by atoms with Crippen LogP contribution in [0.15, 0.2) is 9.72 Å². The lowest BCUT2D eigenvalue weighted by atomic mass is 10.1. The molecule has 2 saturated heterocycles. The molecule has 0 bridgehead atoms. The van der Waals surface area contributed by atoms with Gasteiger partial charge in [0, 0.05) is 25.2 Å². The Hall–Kier alpha value is -1.03. The van der Waals surface area contributed by atoms with Crippen LogP contribution in [-0.2, 0) is 10.0 Å². The van der Waals surface area contributed by atoms with Crippen LogP contribution in [0.1, 0.15) is 30.3 Å². The summed E-state index contributed by atoms with van der Waals surface area (Å²) >= 11 is 0.871. The second-order valence-electron chi connectivity index (χ2n) is 5.51. The lowest BCUT2D eigenvalue weighted by Crippen LogP contribution is -2.56. The minimum Gasteiger partial charge on any atom is -0.476 e. The molecule has 2 fully saturated rings. The zero-order chi connectivity index (χ0) is 15.2. The van der Waals surface area contributed by atoms with E-state index in [9.17, 15) is 13.2 Å². The van der Waals surface area contributed by atoms with Gasteiger partial charge in [-0.1, -0.05) is 0 Å². The van der Waals surface area contributed by atoms with E-state index in [1.165, 1.54) is 9.82 Å². The Morgan fingerprint density at radius 3 is 2.95 bits per heavy atom. The molecule has 2 atom stereocenters. The van der Waals surface area contributed by atoms with Crippen molar-refractivity contribution in [3.05, 3.63) is 11.2 Å². The molecule has 1 aromatic rings. The summed E-state index contributed by atoms with van der Waals surface area (Å²) < 4.78 is 26.9. The Morgan fingerprint density at radius 1 is 1.48 bits per heavy atom. The van der Waals surface area contributed by atoms with E-state index in [0.717, 1.165) is 30.7 Å². The van der Waals surface area contributed by atoms with Gasteiger partial charge < -0.3 is 5.11 Å². The number of rotatable bonds is 3. The summed E-state index contributed by atoms with van der Waals surface area (Å²) in [6.45, 7) is 4.02. The minimum absolute atomic E-state index is 0.159. The second-order valence-corrected chi connectivity index (χ2v) is 8.45. The van der Waals surface area contributed by atoms with Crippen LogP contribution in [0.4, 0.5) is 0 Å². The number of sulfonamides is 1. The third-order valence-corrected chi connectivity index (χ3v) is 7.49. The second kappa shape index (κ2) is 5.31. The quantitative estimate of drug-likeness (QED) is 0.877. The molecule has 116 valence electrons. The third-order valence-electron chi connectivity index (χ3n) is 4.16. The number of aromatic nitrogens is 1. The normalized spacial score (nSPS) is 27.7. The number of hydrogen-bond acceptors (Lipinski definition) is 6. The molecule has 2 aliphatic heterocycles. The van der Waals surface area contributed by atoms with Gasteiger partial charge in [0.05, 0.1) is 5.51 Å². The number of carboxylic acid groups (broad SMARTS) is 1. The molecule has 1 N–H and O–H groups in total. The van der Waals surface area contributed by atoms with Crippen LogP contribution in [0.25, 0.3) is 0 Å². The fraction of sp³-hybridized carbons (Fsp3) is 0.667. The topological polar surface area (TPSA) is 90.8 Å². The lowest BCUT2D eigenvalue weighted by molar-refractivity contribution is 0.0686. The van der Waals surface area contributed by atoms with Gasteiger partial charge in [0.25, 0.3) is 10.0 Å². The smallest absolute Gasteiger partial charge is 0.356 e. The first kappa shape index (κ1) is 14.9. The summed E-state index contributed by atoms with van der Waals surface area (Å²) in [4.78, 5) is 17.1. The highest BCUT2D eigenvalue weighted by Crippen LogP contribution is 2.31. The summed E-state index contributed by atoms with van der Waals surface area (Å²) in [7, 11) is -3.80. The van der Waals surface area contributed by atoms with E-state index in [4.69, 9.17) is 5.11 Å². The maximum atomic E-state index is 12.8. The number of thiazole rings is 1. The highest BCUT2D eigenvalue weighted by atomic mass is 32.2. The number of carboxylic acids is 1. The Balaban J connectivity index is 1.94. The maximum Gasteiger partial charge on any atom is 0.356 e. The summed E-state index contributed by atoms with van der Waals surface area (Å²) in [5.41, 5.74) is 0.897. The van der Waals surface area contributed by atoms with E-state index in [1.54, 1.807) is 0 Å². The monoisotopic (exact) mass is 331 g/mol. The molecule has 0 radical (unpaired) electrons. The molecule has 21 heavy (non-hydrogen) atoms. The zero-order valence-corrected chi connectivity index (χ0v) is 13.2. The first-order valence-corrected chi connectivity index (χ1v) is 9.16. The predicted molar refractivity (Wildman–Crippen MR) is 77.0 cm³/mol. The Morgan fingerprint density at radius 2 is 2.24 bits per heavy atom. The minimum atomic E-state index is -3.80. The first-order chi connectivity index (χ1) is 9.91. The van der Waals surface area contributed by atoms with Crippen molar-refractivity contribution in [1.29, 1.82) is 0 Å². The number of carbonyl (C=O) groups is 1. The lowest BCUT2D eigenvalue weighted by Gasteiger charge is -2.41. The van der Waals surface area contributed by atoms with Gasteiger partial charge >= 0.3 is 5.97 Å².